The molecule has 1 aliphatic heterocycles. The molecule has 1 heterocycles. The molecule has 0 bridgehead atoms. The van der Waals surface area contributed by atoms with E-state index in [1.165, 1.54) is 0 Å². The number of benzene rings is 1. The van der Waals surface area contributed by atoms with Gasteiger partial charge in [-0.15, -0.1) is 12.4 Å². The van der Waals surface area contributed by atoms with Gasteiger partial charge in [-0.05, 0) is 37.5 Å². The van der Waals surface area contributed by atoms with Crippen molar-refractivity contribution < 1.29 is 14.4 Å². The van der Waals surface area contributed by atoms with E-state index in [4.69, 9.17) is 5.73 Å². The monoisotopic (exact) mass is 351 g/mol. The van der Waals surface area contributed by atoms with Crippen LogP contribution in [0.1, 0.15) is 31.2 Å². The molecule has 3 N–H and O–H groups in total. The highest BCUT2D eigenvalue weighted by Gasteiger charge is 2.48. The van der Waals surface area contributed by atoms with E-state index in [9.17, 15) is 14.4 Å². The molecule has 0 spiro atoms. The van der Waals surface area contributed by atoms with Crippen LogP contribution in [0, 0.1) is 18.8 Å². The number of amides is 3. The molecule has 1 aromatic rings. The van der Waals surface area contributed by atoms with Crippen molar-refractivity contribution in [1.29, 1.82) is 0 Å². The van der Waals surface area contributed by atoms with Gasteiger partial charge >= 0.3 is 0 Å². The first kappa shape index (κ1) is 18.3. The zero-order chi connectivity index (χ0) is 16.6. The van der Waals surface area contributed by atoms with Crippen LogP contribution >= 0.6 is 12.4 Å². The number of carbonyl (C=O) groups excluding carboxylic acids is 3. The SMILES string of the molecule is Cc1ccc(N)cc1NC(=O)CN1C(=O)C2CCCCC2C1=O.Cl. The first-order valence-corrected chi connectivity index (χ1v) is 7.98. The molecule has 1 aliphatic carbocycles. The van der Waals surface area contributed by atoms with Gasteiger partial charge < -0.3 is 11.1 Å². The normalized spacial score (nSPS) is 22.8. The van der Waals surface area contributed by atoms with Gasteiger partial charge in [0.05, 0.1) is 11.8 Å². The molecule has 2 unspecified atom stereocenters. The van der Waals surface area contributed by atoms with Crippen LogP contribution in [-0.2, 0) is 14.4 Å². The van der Waals surface area contributed by atoms with Crippen molar-refractivity contribution in [2.24, 2.45) is 11.8 Å². The molecule has 6 nitrogen and oxygen atoms in total. The van der Waals surface area contributed by atoms with Crippen LogP contribution in [0.15, 0.2) is 18.2 Å². The van der Waals surface area contributed by atoms with Crippen LogP contribution in [0.3, 0.4) is 0 Å². The maximum Gasteiger partial charge on any atom is 0.244 e. The number of hydrogen-bond acceptors (Lipinski definition) is 4. The van der Waals surface area contributed by atoms with E-state index >= 15 is 0 Å². The van der Waals surface area contributed by atoms with Gasteiger partial charge in [-0.25, -0.2) is 0 Å². The molecular formula is C17H22ClN3O3. The molecule has 2 fully saturated rings. The summed E-state index contributed by atoms with van der Waals surface area (Å²) < 4.78 is 0. The summed E-state index contributed by atoms with van der Waals surface area (Å²) in [5, 5.41) is 2.74. The number of nitrogen functional groups attached to an aromatic ring is 1. The molecule has 3 amide bonds. The zero-order valence-electron chi connectivity index (χ0n) is 13.6. The minimum Gasteiger partial charge on any atom is -0.399 e. The quantitative estimate of drug-likeness (QED) is 0.644. The Kier molecular flexibility index (Phi) is 5.49. The second-order valence-electron chi connectivity index (χ2n) is 6.38. The largest absolute Gasteiger partial charge is 0.399 e. The van der Waals surface area contributed by atoms with E-state index in [1.54, 1.807) is 12.1 Å². The Morgan fingerprint density at radius 2 is 1.79 bits per heavy atom. The van der Waals surface area contributed by atoms with Crippen LogP contribution in [0.2, 0.25) is 0 Å². The third-order valence-electron chi connectivity index (χ3n) is 4.77. The predicted octanol–water partition coefficient (Wildman–Crippen LogP) is 2.11. The van der Waals surface area contributed by atoms with Crippen molar-refractivity contribution in [2.45, 2.75) is 32.6 Å². The van der Waals surface area contributed by atoms with Crippen molar-refractivity contribution in [1.82, 2.24) is 4.90 Å². The number of hydrogen-bond donors (Lipinski definition) is 2. The number of nitrogens with zero attached hydrogens (tertiary/aromatic N) is 1. The Morgan fingerprint density at radius 3 is 2.38 bits per heavy atom. The molecule has 1 saturated carbocycles. The molecule has 130 valence electrons. The summed E-state index contributed by atoms with van der Waals surface area (Å²) in [6.45, 7) is 1.63. The summed E-state index contributed by atoms with van der Waals surface area (Å²) in [7, 11) is 0. The number of nitrogens with one attached hydrogen (secondary N) is 1. The van der Waals surface area contributed by atoms with Gasteiger partial charge in [0.1, 0.15) is 6.54 Å². The lowest BCUT2D eigenvalue weighted by molar-refractivity contribution is -0.142. The van der Waals surface area contributed by atoms with Gasteiger partial charge in [0.2, 0.25) is 17.7 Å². The topological polar surface area (TPSA) is 92.5 Å². The Bertz CT molecular complexity index is 653. The first-order valence-electron chi connectivity index (χ1n) is 7.98. The van der Waals surface area contributed by atoms with Crippen LogP contribution in [0.5, 0.6) is 0 Å². The molecular weight excluding hydrogens is 330 g/mol. The molecule has 24 heavy (non-hydrogen) atoms. The highest BCUT2D eigenvalue weighted by molar-refractivity contribution is 6.08. The van der Waals surface area contributed by atoms with Crippen molar-refractivity contribution in [3.63, 3.8) is 0 Å². The Hall–Kier alpha value is -2.08. The molecule has 0 radical (unpaired) electrons. The molecule has 3 rings (SSSR count). The fourth-order valence-corrected chi connectivity index (χ4v) is 3.49. The lowest BCUT2D eigenvalue weighted by Crippen LogP contribution is -2.38. The summed E-state index contributed by atoms with van der Waals surface area (Å²) in [4.78, 5) is 38.1. The summed E-state index contributed by atoms with van der Waals surface area (Å²) in [6.07, 6.45) is 3.45. The summed E-state index contributed by atoms with van der Waals surface area (Å²) in [5.74, 6) is -1.21. The van der Waals surface area contributed by atoms with Crippen LogP contribution in [0.4, 0.5) is 11.4 Å². The van der Waals surface area contributed by atoms with E-state index in [1.807, 2.05) is 13.0 Å². The van der Waals surface area contributed by atoms with E-state index in [-0.39, 0.29) is 48.5 Å². The van der Waals surface area contributed by atoms with Gasteiger partial charge in [0.25, 0.3) is 0 Å². The second-order valence-corrected chi connectivity index (χ2v) is 6.38. The van der Waals surface area contributed by atoms with E-state index < -0.39 is 0 Å². The van der Waals surface area contributed by atoms with E-state index in [0.29, 0.717) is 11.4 Å². The van der Waals surface area contributed by atoms with Crippen molar-refractivity contribution in [3.05, 3.63) is 23.8 Å². The highest BCUT2D eigenvalue weighted by Crippen LogP contribution is 2.37. The fraction of sp³-hybridized carbons (Fsp3) is 0.471. The summed E-state index contributed by atoms with van der Waals surface area (Å²) in [6, 6.07) is 5.23. The van der Waals surface area contributed by atoms with Gasteiger partial charge in [-0.3, -0.25) is 19.3 Å². The number of imide groups is 1. The van der Waals surface area contributed by atoms with Crippen LogP contribution in [-0.4, -0.2) is 29.2 Å². The molecule has 1 aromatic carbocycles. The average Bonchev–Trinajstić information content (AvgIpc) is 2.76. The lowest BCUT2D eigenvalue weighted by Gasteiger charge is -2.19. The number of halogens is 1. The van der Waals surface area contributed by atoms with Crippen molar-refractivity contribution in [3.8, 4) is 0 Å². The van der Waals surface area contributed by atoms with Crippen LogP contribution in [0.25, 0.3) is 0 Å². The Morgan fingerprint density at radius 1 is 1.21 bits per heavy atom. The van der Waals surface area contributed by atoms with Gasteiger partial charge in [-0.2, -0.15) is 0 Å². The molecule has 1 saturated heterocycles. The Labute approximate surface area is 147 Å². The number of likely N-dealkylation sites (tertiary alicyclic amines) is 1. The number of fused-ring (bicyclic) bond motifs is 1. The number of carbonyl (C=O) groups is 3. The molecule has 2 atom stereocenters. The minimum absolute atomic E-state index is 0. The maximum atomic E-state index is 12.4. The number of anilines is 2. The fourth-order valence-electron chi connectivity index (χ4n) is 3.49. The molecule has 0 aromatic heterocycles. The number of nitrogens with two attached hydrogens (primary N) is 1. The third-order valence-corrected chi connectivity index (χ3v) is 4.77. The van der Waals surface area contributed by atoms with Gasteiger partial charge in [0.15, 0.2) is 0 Å². The van der Waals surface area contributed by atoms with Crippen molar-refractivity contribution in [2.75, 3.05) is 17.6 Å². The first-order chi connectivity index (χ1) is 11.0. The number of rotatable bonds is 3. The third kappa shape index (κ3) is 3.38. The average molecular weight is 352 g/mol. The summed E-state index contributed by atoms with van der Waals surface area (Å²) in [5.41, 5.74) is 7.75. The second kappa shape index (κ2) is 7.21. The smallest absolute Gasteiger partial charge is 0.244 e. The number of aryl methyl sites for hydroxylation is 1. The van der Waals surface area contributed by atoms with Gasteiger partial charge in [-0.1, -0.05) is 18.9 Å². The van der Waals surface area contributed by atoms with E-state index in [2.05, 4.69) is 5.32 Å². The van der Waals surface area contributed by atoms with E-state index in [0.717, 1.165) is 36.1 Å². The van der Waals surface area contributed by atoms with Gasteiger partial charge in [0, 0.05) is 11.4 Å². The predicted molar refractivity (Wildman–Crippen MR) is 93.6 cm³/mol. The zero-order valence-corrected chi connectivity index (χ0v) is 14.4. The minimum atomic E-state index is -0.376. The Balaban J connectivity index is 0.00000208. The van der Waals surface area contributed by atoms with Crippen molar-refractivity contribution >= 4 is 41.5 Å². The van der Waals surface area contributed by atoms with Crippen LogP contribution < -0.4 is 11.1 Å². The molecule has 7 heteroatoms. The standard InChI is InChI=1S/C17H21N3O3.ClH/c1-10-6-7-11(18)8-14(10)19-15(21)9-20-16(22)12-4-2-3-5-13(12)17(20)23;/h6-8,12-13H,2-5,9,18H2,1H3,(H,19,21);1H. The summed E-state index contributed by atoms with van der Waals surface area (Å²) >= 11 is 0. The molecule has 2 aliphatic rings. The highest BCUT2D eigenvalue weighted by atomic mass is 35.5. The maximum absolute atomic E-state index is 12.4. The lowest BCUT2D eigenvalue weighted by atomic mass is 9.81.